The van der Waals surface area contributed by atoms with Gasteiger partial charge in [-0.3, -0.25) is 0 Å². The Labute approximate surface area is 176 Å². The summed E-state index contributed by atoms with van der Waals surface area (Å²) in [6, 6.07) is 8.20. The minimum Gasteiger partial charge on any atom is -0.497 e. The van der Waals surface area contributed by atoms with E-state index in [1.54, 1.807) is 7.11 Å². The van der Waals surface area contributed by atoms with Gasteiger partial charge in [-0.25, -0.2) is 4.99 Å². The number of hydrogen-bond acceptors (Lipinski definition) is 5. The molecule has 1 aromatic carbocycles. The number of guanidine groups is 1. The molecule has 1 fully saturated rings. The summed E-state index contributed by atoms with van der Waals surface area (Å²) in [6.45, 7) is 4.55. The van der Waals surface area contributed by atoms with E-state index < -0.39 is 0 Å². The molecular weight excluding hydrogens is 459 g/mol. The van der Waals surface area contributed by atoms with E-state index in [1.165, 1.54) is 0 Å². The highest BCUT2D eigenvalue weighted by Crippen LogP contribution is 2.12. The van der Waals surface area contributed by atoms with E-state index in [1.807, 2.05) is 42.8 Å². The smallest absolute Gasteiger partial charge is 0.192 e. The van der Waals surface area contributed by atoms with Crippen LogP contribution in [0.15, 0.2) is 29.3 Å². The minimum atomic E-state index is 0. The van der Waals surface area contributed by atoms with Crippen LogP contribution in [0, 0.1) is 6.92 Å². The number of rotatable bonds is 6. The summed E-state index contributed by atoms with van der Waals surface area (Å²) in [7, 11) is 3.62. The number of benzene rings is 1. The normalized spacial score (nSPS) is 16.7. The number of aliphatic imine (C=N–C) groups is 1. The molecule has 2 N–H and O–H groups in total. The number of ether oxygens (including phenoxy) is 2. The molecule has 0 amide bonds. The Balaban J connectivity index is 0.00000261. The molecule has 27 heavy (non-hydrogen) atoms. The van der Waals surface area contributed by atoms with E-state index in [4.69, 9.17) is 14.5 Å². The zero-order valence-electron chi connectivity index (χ0n) is 15.9. The van der Waals surface area contributed by atoms with Gasteiger partial charge in [-0.05, 0) is 31.0 Å². The molecule has 0 saturated carbocycles. The second kappa shape index (κ2) is 10.5. The Bertz CT molecular complexity index is 741. The molecule has 1 aliphatic rings. The van der Waals surface area contributed by atoms with Crippen LogP contribution in [0.3, 0.4) is 0 Å². The van der Waals surface area contributed by atoms with E-state index in [-0.39, 0.29) is 30.0 Å². The maximum absolute atomic E-state index is 5.45. The standard InChI is InChI=1S/C18H26N6O2.HI/c1-13-22-23-17(24(13)2)11-20-18(21-15-8-9-26-12-15)19-10-14-4-6-16(25-3)7-5-14;/h4-7,15H,8-12H2,1-3H3,(H2,19,20,21);1H. The fraction of sp³-hybridized carbons (Fsp3) is 0.500. The summed E-state index contributed by atoms with van der Waals surface area (Å²) in [4.78, 5) is 4.71. The molecule has 148 valence electrons. The predicted octanol–water partition coefficient (Wildman–Crippen LogP) is 1.77. The van der Waals surface area contributed by atoms with E-state index in [0.29, 0.717) is 19.7 Å². The number of halogens is 1. The Morgan fingerprint density at radius 3 is 2.70 bits per heavy atom. The average molecular weight is 486 g/mol. The first-order chi connectivity index (χ1) is 12.7. The summed E-state index contributed by atoms with van der Waals surface area (Å²) in [5, 5.41) is 15.1. The second-order valence-corrected chi connectivity index (χ2v) is 6.29. The topological polar surface area (TPSA) is 85.6 Å². The molecule has 1 aliphatic heterocycles. The van der Waals surface area contributed by atoms with Gasteiger partial charge in [0, 0.05) is 13.7 Å². The highest BCUT2D eigenvalue weighted by atomic mass is 127. The van der Waals surface area contributed by atoms with Gasteiger partial charge in [0.15, 0.2) is 11.8 Å². The van der Waals surface area contributed by atoms with Gasteiger partial charge in [0.1, 0.15) is 11.6 Å². The van der Waals surface area contributed by atoms with E-state index in [9.17, 15) is 0 Å². The lowest BCUT2D eigenvalue weighted by atomic mass is 10.2. The fourth-order valence-corrected chi connectivity index (χ4v) is 2.66. The van der Waals surface area contributed by atoms with E-state index in [0.717, 1.165) is 41.9 Å². The maximum Gasteiger partial charge on any atom is 0.192 e. The van der Waals surface area contributed by atoms with Crippen molar-refractivity contribution in [3.8, 4) is 5.75 Å². The van der Waals surface area contributed by atoms with E-state index in [2.05, 4.69) is 20.8 Å². The van der Waals surface area contributed by atoms with Gasteiger partial charge in [0.25, 0.3) is 0 Å². The fourth-order valence-electron chi connectivity index (χ4n) is 2.66. The number of nitrogens with one attached hydrogen (secondary N) is 2. The van der Waals surface area contributed by atoms with Crippen molar-refractivity contribution >= 4 is 29.9 Å². The molecule has 0 bridgehead atoms. The van der Waals surface area contributed by atoms with Gasteiger partial charge < -0.3 is 24.7 Å². The van der Waals surface area contributed by atoms with Crippen LogP contribution in [-0.4, -0.2) is 47.1 Å². The molecule has 1 atom stereocenters. The Morgan fingerprint density at radius 2 is 2.11 bits per heavy atom. The lowest BCUT2D eigenvalue weighted by Crippen LogP contribution is -2.43. The van der Waals surface area contributed by atoms with Crippen LogP contribution in [0.25, 0.3) is 0 Å². The van der Waals surface area contributed by atoms with Crippen molar-refractivity contribution in [1.29, 1.82) is 0 Å². The summed E-state index contributed by atoms with van der Waals surface area (Å²) in [5.41, 5.74) is 1.11. The lowest BCUT2D eigenvalue weighted by Gasteiger charge is -2.16. The van der Waals surface area contributed by atoms with Gasteiger partial charge in [-0.1, -0.05) is 12.1 Å². The number of methoxy groups -OCH3 is 1. The average Bonchev–Trinajstić information content (AvgIpc) is 3.29. The van der Waals surface area contributed by atoms with Crippen LogP contribution < -0.4 is 15.4 Å². The summed E-state index contributed by atoms with van der Waals surface area (Å²) in [6.07, 6.45) is 0.978. The molecule has 9 heteroatoms. The molecule has 1 unspecified atom stereocenters. The maximum atomic E-state index is 5.45. The molecule has 0 aliphatic carbocycles. The third-order valence-corrected chi connectivity index (χ3v) is 4.45. The first kappa shape index (κ1) is 21.4. The molecule has 2 aromatic rings. The number of aryl methyl sites for hydroxylation is 1. The summed E-state index contributed by atoms with van der Waals surface area (Å²) < 4.78 is 12.6. The number of hydrogen-bond donors (Lipinski definition) is 2. The van der Waals surface area contributed by atoms with Crippen molar-refractivity contribution in [1.82, 2.24) is 25.4 Å². The van der Waals surface area contributed by atoms with E-state index >= 15 is 0 Å². The zero-order valence-corrected chi connectivity index (χ0v) is 18.3. The van der Waals surface area contributed by atoms with Crippen molar-refractivity contribution in [3.05, 3.63) is 41.5 Å². The van der Waals surface area contributed by atoms with Gasteiger partial charge in [0.05, 0.1) is 32.8 Å². The lowest BCUT2D eigenvalue weighted by molar-refractivity contribution is 0.192. The third kappa shape index (κ3) is 6.06. The number of aromatic nitrogens is 3. The van der Waals surface area contributed by atoms with Gasteiger partial charge >= 0.3 is 0 Å². The molecule has 2 heterocycles. The summed E-state index contributed by atoms with van der Waals surface area (Å²) >= 11 is 0. The minimum absolute atomic E-state index is 0. The SMILES string of the molecule is COc1ccc(CN=C(NCc2nnc(C)n2C)NC2CCOC2)cc1.I. The second-order valence-electron chi connectivity index (χ2n) is 6.29. The summed E-state index contributed by atoms with van der Waals surface area (Å²) in [5.74, 6) is 3.34. The van der Waals surface area contributed by atoms with Crippen LogP contribution in [-0.2, 0) is 24.9 Å². The largest absolute Gasteiger partial charge is 0.497 e. The number of nitrogens with zero attached hydrogens (tertiary/aromatic N) is 4. The molecule has 1 saturated heterocycles. The van der Waals surface area contributed by atoms with Gasteiger partial charge in [-0.2, -0.15) is 0 Å². The van der Waals surface area contributed by atoms with Crippen molar-refractivity contribution in [3.63, 3.8) is 0 Å². The molecule has 0 spiro atoms. The molecule has 8 nitrogen and oxygen atoms in total. The first-order valence-corrected chi connectivity index (χ1v) is 8.76. The molecular formula is C18H27IN6O2. The molecule has 0 radical (unpaired) electrons. The Kier molecular flexibility index (Phi) is 8.29. The van der Waals surface area contributed by atoms with Crippen molar-refractivity contribution < 1.29 is 9.47 Å². The monoisotopic (exact) mass is 486 g/mol. The van der Waals surface area contributed by atoms with Gasteiger partial charge in [-0.15, -0.1) is 34.2 Å². The van der Waals surface area contributed by atoms with Crippen LogP contribution >= 0.6 is 24.0 Å². The van der Waals surface area contributed by atoms with Crippen molar-refractivity contribution in [2.24, 2.45) is 12.0 Å². The Hall–Kier alpha value is -1.88. The highest BCUT2D eigenvalue weighted by molar-refractivity contribution is 14.0. The quantitative estimate of drug-likeness (QED) is 0.368. The third-order valence-electron chi connectivity index (χ3n) is 4.45. The predicted molar refractivity (Wildman–Crippen MR) is 114 cm³/mol. The van der Waals surface area contributed by atoms with Crippen LogP contribution in [0.1, 0.15) is 23.6 Å². The van der Waals surface area contributed by atoms with Crippen LogP contribution in [0.5, 0.6) is 5.75 Å². The van der Waals surface area contributed by atoms with Gasteiger partial charge in [0.2, 0.25) is 0 Å². The van der Waals surface area contributed by atoms with Crippen LogP contribution in [0.4, 0.5) is 0 Å². The molecule has 1 aromatic heterocycles. The van der Waals surface area contributed by atoms with Crippen molar-refractivity contribution in [2.75, 3.05) is 20.3 Å². The molecule has 3 rings (SSSR count). The van der Waals surface area contributed by atoms with Crippen molar-refractivity contribution in [2.45, 2.75) is 32.5 Å². The Morgan fingerprint density at radius 1 is 1.33 bits per heavy atom. The zero-order chi connectivity index (χ0) is 18.4. The highest BCUT2D eigenvalue weighted by Gasteiger charge is 2.17. The van der Waals surface area contributed by atoms with Crippen LogP contribution in [0.2, 0.25) is 0 Å². The first-order valence-electron chi connectivity index (χ1n) is 8.76.